The van der Waals surface area contributed by atoms with Crippen molar-refractivity contribution in [1.82, 2.24) is 4.90 Å². The number of nitrogens with zero attached hydrogens (tertiary/aromatic N) is 1. The number of rotatable bonds is 26. The van der Waals surface area contributed by atoms with Crippen molar-refractivity contribution in [1.29, 1.82) is 0 Å². The molecule has 0 spiro atoms. The fourth-order valence-electron chi connectivity index (χ4n) is 7.22. The quantitative estimate of drug-likeness (QED) is 0.0722. The van der Waals surface area contributed by atoms with E-state index < -0.39 is 70.6 Å². The van der Waals surface area contributed by atoms with Gasteiger partial charge in [-0.1, -0.05) is 116 Å². The van der Waals surface area contributed by atoms with Crippen molar-refractivity contribution >= 4 is 34.4 Å². The first-order valence-corrected chi connectivity index (χ1v) is 26.6. The average Bonchev–Trinajstić information content (AvgIpc) is 3.56. The maximum Gasteiger partial charge on any atom is 0.417 e. The third-order valence-electron chi connectivity index (χ3n) is 12.3. The van der Waals surface area contributed by atoms with Gasteiger partial charge >= 0.3 is 6.09 Å². The second-order valence-corrected chi connectivity index (χ2v) is 27.5. The molecule has 2 amide bonds. The number of imide groups is 1. The molecular weight excluding hydrogens is 787 g/mol. The maximum atomic E-state index is 14.2. The average molecular weight is 860 g/mol. The van der Waals surface area contributed by atoms with Crippen molar-refractivity contribution < 1.29 is 52.0 Å². The van der Waals surface area contributed by atoms with E-state index in [1.807, 2.05) is 60.7 Å². The summed E-state index contributed by atoms with van der Waals surface area (Å²) in [5, 5.41) is 12.1. The lowest BCUT2D eigenvalue weighted by atomic mass is 9.81. The van der Waals surface area contributed by atoms with E-state index in [2.05, 4.69) is 68.5 Å². The van der Waals surface area contributed by atoms with E-state index in [0.29, 0.717) is 13.0 Å². The van der Waals surface area contributed by atoms with E-state index in [9.17, 15) is 19.5 Å². The predicted octanol–water partition coefficient (Wildman–Crippen LogP) is 8.31. The van der Waals surface area contributed by atoms with E-state index in [1.165, 1.54) is 14.2 Å². The fourth-order valence-corrected chi connectivity index (χ4v) is 11.3. The summed E-state index contributed by atoms with van der Waals surface area (Å²) in [6, 6.07) is 21.7. The number of carbonyl (C=O) groups excluding carboxylic acids is 3. The molecule has 0 radical (unpaired) electrons. The topological polar surface area (TPSA) is 139 Å². The summed E-state index contributed by atoms with van der Waals surface area (Å²) in [5.41, 5.74) is 1.24. The molecule has 0 bridgehead atoms. The number of hydrogen-bond donors (Lipinski definition) is 1. The Hall–Kier alpha value is -2.80. The van der Waals surface area contributed by atoms with Gasteiger partial charge in [-0.2, -0.15) is 0 Å². The molecule has 1 N–H and O–H groups in total. The Bertz CT molecular complexity index is 1570. The van der Waals surface area contributed by atoms with E-state index >= 15 is 0 Å². The van der Waals surface area contributed by atoms with Crippen LogP contribution in [0.25, 0.3) is 0 Å². The summed E-state index contributed by atoms with van der Waals surface area (Å²) >= 11 is 0. The molecule has 59 heavy (non-hydrogen) atoms. The standard InChI is InChI=1S/C45H73NO11Si2/c1-13-59(14-2,15-3)56-31-45(7,8)41(53-29-34-24-20-17-21-25-34)39(57-58(11,12)44(4,5)6)37(48)27-36(47)28-38(52-10)40(55-32-51-9)42(49)46-35(30-54-43(46)50)26-33-22-18-16-19-23-33/h16-25,35,37-41,48H,13-15,26-32H2,1-12H3/t35-,37+,38+,39+,40-,41+/m0/s1. The Morgan fingerprint density at radius 1 is 0.881 bits per heavy atom. The summed E-state index contributed by atoms with van der Waals surface area (Å²) < 4.78 is 42.9. The molecule has 14 heteroatoms. The number of cyclic esters (lactones) is 1. The number of methoxy groups -OCH3 is 2. The third kappa shape index (κ3) is 14.1. The molecule has 6 atom stereocenters. The molecule has 0 saturated carbocycles. The Morgan fingerprint density at radius 2 is 1.46 bits per heavy atom. The van der Waals surface area contributed by atoms with E-state index in [4.69, 9.17) is 32.5 Å². The molecule has 12 nitrogen and oxygen atoms in total. The first-order chi connectivity index (χ1) is 27.8. The van der Waals surface area contributed by atoms with Crippen molar-refractivity contribution in [2.75, 3.05) is 34.2 Å². The van der Waals surface area contributed by atoms with Crippen LogP contribution in [-0.4, -0.2) is 115 Å². The summed E-state index contributed by atoms with van der Waals surface area (Å²) in [7, 11) is -1.82. The highest BCUT2D eigenvalue weighted by Crippen LogP contribution is 2.41. The monoisotopic (exact) mass is 859 g/mol. The molecule has 0 aliphatic carbocycles. The molecule has 1 aliphatic rings. The zero-order valence-corrected chi connectivity index (χ0v) is 39.8. The van der Waals surface area contributed by atoms with Gasteiger partial charge in [-0.3, -0.25) is 9.59 Å². The van der Waals surface area contributed by atoms with Gasteiger partial charge in [0.15, 0.2) is 22.7 Å². The minimum atomic E-state index is -2.59. The van der Waals surface area contributed by atoms with Crippen molar-refractivity contribution in [2.45, 2.75) is 154 Å². The Kier molecular flexibility index (Phi) is 19.6. The summed E-state index contributed by atoms with van der Waals surface area (Å²) in [4.78, 5) is 42.4. The minimum absolute atomic E-state index is 0.0161. The van der Waals surface area contributed by atoms with E-state index in [1.54, 1.807) is 0 Å². The molecule has 2 aromatic carbocycles. The third-order valence-corrected chi connectivity index (χ3v) is 21.4. The zero-order valence-electron chi connectivity index (χ0n) is 37.8. The number of carbonyl (C=O) groups is 3. The molecule has 2 aromatic rings. The molecule has 332 valence electrons. The van der Waals surface area contributed by atoms with Crippen LogP contribution in [0.15, 0.2) is 60.7 Å². The van der Waals surface area contributed by atoms with Crippen LogP contribution >= 0.6 is 0 Å². The molecule has 1 heterocycles. The number of hydrogen-bond acceptors (Lipinski definition) is 11. The second-order valence-electron chi connectivity index (χ2n) is 18.0. The van der Waals surface area contributed by atoms with Gasteiger partial charge in [-0.15, -0.1) is 0 Å². The highest BCUT2D eigenvalue weighted by Gasteiger charge is 2.49. The SMILES string of the molecule is CC[Si](CC)(CC)OCC(C)(C)[C@H](OCc1ccccc1)[C@H](O[Si](C)(C)C(C)(C)C)[C@H](O)CC(=O)C[C@@H](OC)[C@H](OCOC)C(=O)N1C(=O)OC[C@@H]1Cc1ccccc1. The van der Waals surface area contributed by atoms with Crippen LogP contribution in [0.5, 0.6) is 0 Å². The van der Waals surface area contributed by atoms with Crippen molar-refractivity contribution in [2.24, 2.45) is 5.41 Å². The molecule has 3 rings (SSSR count). The van der Waals surface area contributed by atoms with Crippen LogP contribution in [0.2, 0.25) is 36.3 Å². The van der Waals surface area contributed by atoms with Gasteiger partial charge in [0.05, 0.1) is 37.1 Å². The largest absolute Gasteiger partial charge is 0.447 e. The van der Waals surface area contributed by atoms with Gasteiger partial charge in [0.25, 0.3) is 5.91 Å². The summed E-state index contributed by atoms with van der Waals surface area (Å²) in [6.07, 6.45) is -6.43. The minimum Gasteiger partial charge on any atom is -0.447 e. The van der Waals surface area contributed by atoms with E-state index in [0.717, 1.165) is 34.2 Å². The Balaban J connectivity index is 1.96. The molecular formula is C45H73NO11Si2. The first-order valence-electron chi connectivity index (χ1n) is 21.1. The second kappa shape index (κ2) is 22.9. The molecule has 0 aromatic heterocycles. The van der Waals surface area contributed by atoms with Gasteiger partial charge in [0, 0.05) is 39.1 Å². The van der Waals surface area contributed by atoms with Crippen LogP contribution in [0.1, 0.15) is 79.4 Å². The van der Waals surface area contributed by atoms with Crippen molar-refractivity contribution in [3.63, 3.8) is 0 Å². The highest BCUT2D eigenvalue weighted by molar-refractivity contribution is 6.74. The van der Waals surface area contributed by atoms with Gasteiger partial charge in [-0.25, -0.2) is 9.69 Å². The predicted molar refractivity (Wildman–Crippen MR) is 234 cm³/mol. The van der Waals surface area contributed by atoms with Gasteiger partial charge in [0.1, 0.15) is 19.2 Å². The van der Waals surface area contributed by atoms with Gasteiger partial charge in [-0.05, 0) is 53.8 Å². The smallest absolute Gasteiger partial charge is 0.417 e. The van der Waals surface area contributed by atoms with Crippen LogP contribution in [-0.2, 0) is 55.2 Å². The number of aliphatic hydroxyl groups is 1. The lowest BCUT2D eigenvalue weighted by Crippen LogP contribution is -2.57. The number of Topliss-reactive ketones (excluding diaryl/α,β-unsaturated/α-hetero) is 1. The normalized spacial score (nSPS) is 17.9. The fraction of sp³-hybridized carbons (Fsp3) is 0.667. The van der Waals surface area contributed by atoms with Crippen LogP contribution in [0, 0.1) is 5.41 Å². The highest BCUT2D eigenvalue weighted by atomic mass is 28.4. The van der Waals surface area contributed by atoms with Crippen LogP contribution in [0.4, 0.5) is 4.79 Å². The van der Waals surface area contributed by atoms with Crippen LogP contribution < -0.4 is 0 Å². The summed E-state index contributed by atoms with van der Waals surface area (Å²) in [6.45, 7) is 21.8. The first kappa shape index (κ1) is 50.6. The number of ether oxygens (including phenoxy) is 5. The number of amides is 2. The number of ketones is 1. The van der Waals surface area contributed by atoms with Crippen molar-refractivity contribution in [3.8, 4) is 0 Å². The lowest BCUT2D eigenvalue weighted by molar-refractivity contribution is -0.167. The maximum absolute atomic E-state index is 14.2. The van der Waals surface area contributed by atoms with Gasteiger partial charge in [0.2, 0.25) is 0 Å². The molecule has 1 fully saturated rings. The molecule has 1 aliphatic heterocycles. The Morgan fingerprint density at radius 3 is 1.98 bits per heavy atom. The number of aliphatic hydroxyl groups excluding tert-OH is 1. The lowest BCUT2D eigenvalue weighted by Gasteiger charge is -2.47. The molecule has 0 unspecified atom stereocenters. The summed E-state index contributed by atoms with van der Waals surface area (Å²) in [5.74, 6) is -1.09. The van der Waals surface area contributed by atoms with Gasteiger partial charge < -0.3 is 37.6 Å². The van der Waals surface area contributed by atoms with Crippen LogP contribution in [0.3, 0.4) is 0 Å². The zero-order chi connectivity index (χ0) is 44.0. The Labute approximate surface area is 355 Å². The van der Waals surface area contributed by atoms with Crippen molar-refractivity contribution in [3.05, 3.63) is 71.8 Å². The van der Waals surface area contributed by atoms with E-state index in [-0.39, 0.29) is 43.7 Å². The number of benzene rings is 2. The molecule has 1 saturated heterocycles.